The van der Waals surface area contributed by atoms with Gasteiger partial charge < -0.3 is 19.4 Å². The first kappa shape index (κ1) is 29.7. The highest BCUT2D eigenvalue weighted by Crippen LogP contribution is 2.43. The molecule has 0 unspecified atom stereocenters. The van der Waals surface area contributed by atoms with Crippen molar-refractivity contribution in [2.24, 2.45) is 0 Å². The van der Waals surface area contributed by atoms with Crippen LogP contribution in [0.1, 0.15) is 71.1 Å². The average molecular weight is 595 g/mol. The molecule has 1 saturated heterocycles. The quantitative estimate of drug-likeness (QED) is 0.363. The monoisotopic (exact) mass is 594 g/mol. The van der Waals surface area contributed by atoms with Crippen LogP contribution in [0.4, 0.5) is 21.7 Å². The number of esters is 1. The summed E-state index contributed by atoms with van der Waals surface area (Å²) in [5.74, 6) is 0.273. The minimum absolute atomic E-state index is 0.103. The van der Waals surface area contributed by atoms with Gasteiger partial charge in [0.1, 0.15) is 17.3 Å². The minimum atomic E-state index is -0.541. The lowest BCUT2D eigenvalue weighted by atomic mass is 9.92. The highest BCUT2D eigenvalue weighted by molar-refractivity contribution is 6.31. The summed E-state index contributed by atoms with van der Waals surface area (Å²) in [4.78, 5) is 46.1. The number of amides is 1. The molecule has 222 valence electrons. The molecule has 1 fully saturated rings. The SMILES string of the molecule is COC(=O)c1c(C)cc(N2CCN(C(=O)c3cnc4c(n3)C(C)(C)CN4c3cc(C)c(Cl)c(F)c3)C(C)(C)C2)nc1C. The molecule has 9 nitrogen and oxygen atoms in total. The van der Waals surface area contributed by atoms with E-state index in [-0.39, 0.29) is 16.6 Å². The number of pyridine rings is 1. The number of methoxy groups -OCH3 is 1. The van der Waals surface area contributed by atoms with Crippen molar-refractivity contribution in [3.63, 3.8) is 0 Å². The maximum absolute atomic E-state index is 14.5. The number of benzene rings is 1. The van der Waals surface area contributed by atoms with E-state index in [1.54, 1.807) is 13.8 Å². The summed E-state index contributed by atoms with van der Waals surface area (Å²) in [7, 11) is 1.36. The largest absolute Gasteiger partial charge is 0.465 e. The molecule has 0 spiro atoms. The van der Waals surface area contributed by atoms with Gasteiger partial charge in [0.05, 0.1) is 40.8 Å². The summed E-state index contributed by atoms with van der Waals surface area (Å²) >= 11 is 6.06. The van der Waals surface area contributed by atoms with Crippen LogP contribution in [-0.4, -0.2) is 70.6 Å². The van der Waals surface area contributed by atoms with Gasteiger partial charge in [0.2, 0.25) is 0 Å². The highest BCUT2D eigenvalue weighted by Gasteiger charge is 2.42. The standard InChI is InChI=1S/C31H36ClFN6O3/c1-17-12-23(35-19(3)24(17)29(41)42-8)37-9-10-39(31(6,7)16-37)28(40)22-14-34-27-26(36-22)30(4,5)15-38(27)20-11-18(2)25(32)21(33)13-20/h11-14H,9-10,15-16H2,1-8H3. The smallest absolute Gasteiger partial charge is 0.339 e. The van der Waals surface area contributed by atoms with Crippen molar-refractivity contribution < 1.29 is 18.7 Å². The minimum Gasteiger partial charge on any atom is -0.465 e. The Morgan fingerprint density at radius 1 is 1.00 bits per heavy atom. The first-order valence-corrected chi connectivity index (χ1v) is 14.3. The van der Waals surface area contributed by atoms with E-state index in [0.29, 0.717) is 60.2 Å². The van der Waals surface area contributed by atoms with E-state index >= 15 is 0 Å². The Hall–Kier alpha value is -3.79. The Bertz CT molecular complexity index is 1560. The van der Waals surface area contributed by atoms with Gasteiger partial charge in [0.15, 0.2) is 5.82 Å². The van der Waals surface area contributed by atoms with Crippen LogP contribution in [0.2, 0.25) is 5.02 Å². The molecule has 1 aromatic carbocycles. The number of fused-ring (bicyclic) bond motifs is 1. The lowest BCUT2D eigenvalue weighted by molar-refractivity contribution is 0.0505. The van der Waals surface area contributed by atoms with Crippen molar-refractivity contribution in [2.45, 2.75) is 59.4 Å². The van der Waals surface area contributed by atoms with Gasteiger partial charge in [-0.3, -0.25) is 4.79 Å². The molecule has 0 saturated carbocycles. The first-order chi connectivity index (χ1) is 19.6. The molecule has 0 atom stereocenters. The second-order valence-corrected chi connectivity index (χ2v) is 12.8. The molecule has 2 aliphatic heterocycles. The molecule has 0 N–H and O–H groups in total. The average Bonchev–Trinajstić information content (AvgIpc) is 3.19. The van der Waals surface area contributed by atoms with Crippen molar-refractivity contribution in [3.05, 3.63) is 69.0 Å². The third-order valence-electron chi connectivity index (χ3n) is 8.17. The normalized spacial score (nSPS) is 17.3. The maximum Gasteiger partial charge on any atom is 0.339 e. The Balaban J connectivity index is 1.39. The van der Waals surface area contributed by atoms with E-state index in [2.05, 4.69) is 14.9 Å². The Labute approximate surface area is 250 Å². The van der Waals surface area contributed by atoms with Crippen LogP contribution in [0.3, 0.4) is 0 Å². The number of hydrogen-bond donors (Lipinski definition) is 0. The van der Waals surface area contributed by atoms with Crippen LogP contribution in [0, 0.1) is 26.6 Å². The highest BCUT2D eigenvalue weighted by atomic mass is 35.5. The van der Waals surface area contributed by atoms with Crippen LogP contribution < -0.4 is 9.80 Å². The Kier molecular flexibility index (Phi) is 7.41. The fourth-order valence-corrected chi connectivity index (χ4v) is 6.12. The fourth-order valence-electron chi connectivity index (χ4n) is 6.01. The molecule has 11 heteroatoms. The maximum atomic E-state index is 14.5. The number of carbonyl (C=O) groups is 2. The van der Waals surface area contributed by atoms with Crippen LogP contribution >= 0.6 is 11.6 Å². The summed E-state index contributed by atoms with van der Waals surface area (Å²) in [5, 5.41) is 0.103. The van der Waals surface area contributed by atoms with Crippen LogP contribution in [-0.2, 0) is 10.2 Å². The van der Waals surface area contributed by atoms with Gasteiger partial charge >= 0.3 is 5.97 Å². The third-order valence-corrected chi connectivity index (χ3v) is 8.65. The summed E-state index contributed by atoms with van der Waals surface area (Å²) < 4.78 is 19.4. The Morgan fingerprint density at radius 2 is 1.71 bits per heavy atom. The van der Waals surface area contributed by atoms with Crippen molar-refractivity contribution >= 4 is 40.8 Å². The molecular formula is C31H36ClFN6O3. The number of piperazine rings is 1. The summed E-state index contributed by atoms with van der Waals surface area (Å²) in [6, 6.07) is 5.13. The zero-order valence-corrected chi connectivity index (χ0v) is 26.1. The van der Waals surface area contributed by atoms with Gasteiger partial charge in [-0.15, -0.1) is 0 Å². The lowest BCUT2D eigenvalue weighted by Gasteiger charge is -2.47. The molecule has 1 amide bonds. The molecule has 4 heterocycles. The van der Waals surface area contributed by atoms with Crippen LogP contribution in [0.25, 0.3) is 0 Å². The summed E-state index contributed by atoms with van der Waals surface area (Å²) in [6.07, 6.45) is 1.51. The number of anilines is 3. The molecule has 5 rings (SSSR count). The first-order valence-electron chi connectivity index (χ1n) is 13.9. The van der Waals surface area contributed by atoms with E-state index in [1.165, 1.54) is 19.4 Å². The van der Waals surface area contributed by atoms with Gasteiger partial charge in [-0.25, -0.2) is 24.1 Å². The number of nitrogens with zero attached hydrogens (tertiary/aromatic N) is 6. The van der Waals surface area contributed by atoms with E-state index in [9.17, 15) is 14.0 Å². The predicted octanol–water partition coefficient (Wildman–Crippen LogP) is 5.55. The molecule has 0 bridgehead atoms. The topological polar surface area (TPSA) is 91.8 Å². The van der Waals surface area contributed by atoms with Crippen LogP contribution in [0.15, 0.2) is 24.4 Å². The van der Waals surface area contributed by atoms with E-state index in [1.807, 2.05) is 56.6 Å². The zero-order valence-electron chi connectivity index (χ0n) is 25.3. The lowest BCUT2D eigenvalue weighted by Crippen LogP contribution is -2.61. The van der Waals surface area contributed by atoms with Crippen molar-refractivity contribution in [1.29, 1.82) is 0 Å². The summed E-state index contributed by atoms with van der Waals surface area (Å²) in [6.45, 7) is 15.7. The van der Waals surface area contributed by atoms with Gasteiger partial charge in [-0.1, -0.05) is 25.4 Å². The van der Waals surface area contributed by atoms with Crippen molar-refractivity contribution in [1.82, 2.24) is 19.9 Å². The summed E-state index contributed by atoms with van der Waals surface area (Å²) in [5.41, 5.74) is 3.16. The zero-order chi connectivity index (χ0) is 30.7. The van der Waals surface area contributed by atoms with E-state index in [0.717, 1.165) is 11.4 Å². The van der Waals surface area contributed by atoms with Crippen LogP contribution in [0.5, 0.6) is 0 Å². The van der Waals surface area contributed by atoms with Crippen molar-refractivity contribution in [3.8, 4) is 0 Å². The van der Waals surface area contributed by atoms with E-state index in [4.69, 9.17) is 21.3 Å². The third kappa shape index (κ3) is 5.06. The second kappa shape index (κ2) is 10.5. The molecule has 42 heavy (non-hydrogen) atoms. The molecule has 2 aliphatic rings. The number of aromatic nitrogens is 3. The molecule has 0 aliphatic carbocycles. The van der Waals surface area contributed by atoms with Crippen molar-refractivity contribution in [2.75, 3.05) is 43.1 Å². The fraction of sp³-hybridized carbons (Fsp3) is 0.452. The van der Waals surface area contributed by atoms with Gasteiger partial charge in [0.25, 0.3) is 5.91 Å². The van der Waals surface area contributed by atoms with Gasteiger partial charge in [-0.2, -0.15) is 0 Å². The van der Waals surface area contributed by atoms with Gasteiger partial charge in [0, 0.05) is 37.3 Å². The molecule has 3 aromatic rings. The molecular weight excluding hydrogens is 559 g/mol. The number of ether oxygens (including phenoxy) is 1. The number of carbonyl (C=O) groups excluding carboxylic acids is 2. The molecule has 2 aromatic heterocycles. The predicted molar refractivity (Wildman–Crippen MR) is 161 cm³/mol. The number of aryl methyl sites for hydroxylation is 3. The number of halogens is 2. The molecule has 0 radical (unpaired) electrons. The number of hydrogen-bond acceptors (Lipinski definition) is 8. The number of rotatable bonds is 4. The van der Waals surface area contributed by atoms with Gasteiger partial charge in [-0.05, 0) is 63.9 Å². The second-order valence-electron chi connectivity index (χ2n) is 12.4. The van der Waals surface area contributed by atoms with E-state index < -0.39 is 22.7 Å². The Morgan fingerprint density at radius 3 is 2.33 bits per heavy atom.